The van der Waals surface area contributed by atoms with Gasteiger partial charge in [0.05, 0.1) is 10.5 Å². The second-order valence-electron chi connectivity index (χ2n) is 11.0. The molecule has 0 saturated carbocycles. The van der Waals surface area contributed by atoms with E-state index in [1.165, 1.54) is 33.3 Å². The minimum Gasteiger partial charge on any atom is -0.339 e. The Morgan fingerprint density at radius 3 is 2.26 bits per heavy atom. The highest BCUT2D eigenvalue weighted by Gasteiger charge is 2.31. The number of nitrogens with one attached hydrogen (secondary N) is 1. The number of sulfonamides is 1. The number of amides is 2. The largest absolute Gasteiger partial charge is 0.339 e. The maximum absolute atomic E-state index is 13.8. The van der Waals surface area contributed by atoms with E-state index in [1.54, 1.807) is 12.1 Å². The molecule has 2 aliphatic heterocycles. The van der Waals surface area contributed by atoms with Crippen LogP contribution in [-0.2, 0) is 36.0 Å². The lowest BCUT2D eigenvalue weighted by Gasteiger charge is -2.28. The third-order valence-electron chi connectivity index (χ3n) is 8.15. The Hall–Kier alpha value is -3.05. The summed E-state index contributed by atoms with van der Waals surface area (Å²) in [6, 6.07) is 14.0. The summed E-state index contributed by atoms with van der Waals surface area (Å²) < 4.78 is 28.3. The average molecular weight is 609 g/mol. The van der Waals surface area contributed by atoms with Crippen LogP contribution >= 0.6 is 11.3 Å². The predicted octanol–water partition coefficient (Wildman–Crippen LogP) is 5.39. The number of benzene rings is 2. The van der Waals surface area contributed by atoms with E-state index < -0.39 is 10.0 Å². The molecule has 10 heteroatoms. The number of carbonyl (C=O) groups is 2. The van der Waals surface area contributed by atoms with Gasteiger partial charge in [0.15, 0.2) is 0 Å². The molecule has 2 aromatic carbocycles. The molecule has 0 fully saturated rings. The van der Waals surface area contributed by atoms with Crippen molar-refractivity contribution in [2.24, 2.45) is 0 Å². The van der Waals surface area contributed by atoms with Crippen LogP contribution in [0.3, 0.4) is 0 Å². The molecule has 1 aromatic heterocycles. The first-order valence-corrected chi connectivity index (χ1v) is 17.2. The van der Waals surface area contributed by atoms with E-state index >= 15 is 0 Å². The van der Waals surface area contributed by atoms with Crippen LogP contribution in [0.4, 0.5) is 5.00 Å². The molecule has 3 heterocycles. The third-order valence-corrected chi connectivity index (χ3v) is 11.1. The summed E-state index contributed by atoms with van der Waals surface area (Å²) in [5.41, 5.74) is 4.21. The Kier molecular flexibility index (Phi) is 9.47. The highest BCUT2D eigenvalue weighted by molar-refractivity contribution is 7.89. The van der Waals surface area contributed by atoms with Crippen LogP contribution in [0.25, 0.3) is 0 Å². The van der Waals surface area contributed by atoms with E-state index in [-0.39, 0.29) is 16.7 Å². The number of hydrogen-bond donors (Lipinski definition) is 1. The van der Waals surface area contributed by atoms with Crippen molar-refractivity contribution in [2.75, 3.05) is 38.0 Å². The average Bonchev–Trinajstić information content (AvgIpc) is 3.37. The molecule has 224 valence electrons. The highest BCUT2D eigenvalue weighted by atomic mass is 32.2. The van der Waals surface area contributed by atoms with Gasteiger partial charge >= 0.3 is 0 Å². The molecule has 2 amide bonds. The SMILES string of the molecule is CCCN(CCC)C(=O)c1c(NC(=O)c2ccc(S(=O)(=O)N3CCc4ccccc4C3)cc2)sc2c1CCN(CC)C2. The summed E-state index contributed by atoms with van der Waals surface area (Å²) in [5.74, 6) is -0.385. The summed E-state index contributed by atoms with van der Waals surface area (Å²) in [4.78, 5) is 32.8. The first-order chi connectivity index (χ1) is 20.3. The summed E-state index contributed by atoms with van der Waals surface area (Å²) >= 11 is 1.48. The van der Waals surface area contributed by atoms with Gasteiger partial charge in [-0.2, -0.15) is 4.31 Å². The molecule has 8 nitrogen and oxygen atoms in total. The van der Waals surface area contributed by atoms with Gasteiger partial charge < -0.3 is 10.2 Å². The Labute approximate surface area is 253 Å². The van der Waals surface area contributed by atoms with Crippen molar-refractivity contribution in [1.29, 1.82) is 0 Å². The van der Waals surface area contributed by atoms with Crippen molar-refractivity contribution in [3.05, 3.63) is 81.2 Å². The number of anilines is 1. The van der Waals surface area contributed by atoms with Gasteiger partial charge in [0.2, 0.25) is 10.0 Å². The molecule has 0 spiro atoms. The van der Waals surface area contributed by atoms with Crippen LogP contribution in [0.1, 0.15) is 75.9 Å². The highest BCUT2D eigenvalue weighted by Crippen LogP contribution is 2.38. The molecule has 0 bridgehead atoms. The first-order valence-electron chi connectivity index (χ1n) is 14.9. The maximum atomic E-state index is 13.8. The number of rotatable bonds is 10. The van der Waals surface area contributed by atoms with Gasteiger partial charge in [-0.25, -0.2) is 8.42 Å². The molecular weight excluding hydrogens is 569 g/mol. The second-order valence-corrected chi connectivity index (χ2v) is 14.0. The molecule has 5 rings (SSSR count). The van der Waals surface area contributed by atoms with Gasteiger partial charge in [-0.15, -0.1) is 11.3 Å². The Morgan fingerprint density at radius 2 is 1.60 bits per heavy atom. The number of likely N-dealkylation sites (N-methyl/N-ethyl adjacent to an activating group) is 1. The zero-order valence-corrected chi connectivity index (χ0v) is 26.3. The van der Waals surface area contributed by atoms with E-state index in [0.717, 1.165) is 54.9 Å². The number of hydrogen-bond acceptors (Lipinski definition) is 6. The predicted molar refractivity (Wildman–Crippen MR) is 168 cm³/mol. The minimum absolute atomic E-state index is 0.0269. The van der Waals surface area contributed by atoms with Crippen LogP contribution in [0, 0.1) is 0 Å². The van der Waals surface area contributed by atoms with E-state index in [4.69, 9.17) is 0 Å². The van der Waals surface area contributed by atoms with Crippen molar-refractivity contribution in [3.8, 4) is 0 Å². The van der Waals surface area contributed by atoms with Gasteiger partial charge in [0.1, 0.15) is 5.00 Å². The first kappa shape index (κ1) is 30.4. The molecule has 42 heavy (non-hydrogen) atoms. The topological polar surface area (TPSA) is 90.0 Å². The smallest absolute Gasteiger partial charge is 0.257 e. The van der Waals surface area contributed by atoms with Crippen molar-refractivity contribution in [3.63, 3.8) is 0 Å². The van der Waals surface area contributed by atoms with Crippen molar-refractivity contribution >= 4 is 38.2 Å². The van der Waals surface area contributed by atoms with Crippen LogP contribution in [0.5, 0.6) is 0 Å². The molecule has 1 N–H and O–H groups in total. The number of carbonyl (C=O) groups excluding carboxylic acids is 2. The van der Waals surface area contributed by atoms with Crippen LogP contribution < -0.4 is 5.32 Å². The fraction of sp³-hybridized carbons (Fsp3) is 0.438. The van der Waals surface area contributed by atoms with E-state index in [0.29, 0.717) is 48.7 Å². The Balaban J connectivity index is 1.37. The van der Waals surface area contributed by atoms with E-state index in [2.05, 4.69) is 31.0 Å². The molecule has 0 aliphatic carbocycles. The second kappa shape index (κ2) is 13.1. The molecule has 0 radical (unpaired) electrons. The van der Waals surface area contributed by atoms with Crippen LogP contribution in [-0.4, -0.2) is 67.1 Å². The van der Waals surface area contributed by atoms with Crippen LogP contribution in [0.2, 0.25) is 0 Å². The molecule has 2 aliphatic rings. The van der Waals surface area contributed by atoms with Crippen molar-refractivity contribution in [1.82, 2.24) is 14.1 Å². The number of thiophene rings is 1. The quantitative estimate of drug-likeness (QED) is 0.334. The van der Waals surface area contributed by atoms with E-state index in [9.17, 15) is 18.0 Å². The maximum Gasteiger partial charge on any atom is 0.257 e. The lowest BCUT2D eigenvalue weighted by atomic mass is 10.0. The molecular formula is C32H40N4O4S2. The Bertz CT molecular complexity index is 1540. The lowest BCUT2D eigenvalue weighted by Crippen LogP contribution is -2.36. The standard InChI is InChI=1S/C32H40N4O4S2/c1-4-17-35(18-5-2)32(38)29-27-16-19-34(6-3)22-28(27)41-31(29)33-30(37)24-11-13-26(14-12-24)42(39,40)36-20-15-23-9-7-8-10-25(23)21-36/h7-14H,4-6,15-22H2,1-3H3,(H,33,37). The van der Waals surface area contributed by atoms with Gasteiger partial charge in [-0.1, -0.05) is 45.0 Å². The number of nitrogens with zero attached hydrogens (tertiary/aromatic N) is 3. The summed E-state index contributed by atoms with van der Waals surface area (Å²) in [6.45, 7) is 10.9. The zero-order chi connectivity index (χ0) is 29.9. The summed E-state index contributed by atoms with van der Waals surface area (Å²) in [6.07, 6.45) is 3.17. The fourth-order valence-electron chi connectivity index (χ4n) is 5.83. The molecule has 0 unspecified atom stereocenters. The lowest BCUT2D eigenvalue weighted by molar-refractivity contribution is 0.0755. The summed E-state index contributed by atoms with van der Waals surface area (Å²) in [5, 5.41) is 3.60. The van der Waals surface area contributed by atoms with Gasteiger partial charge in [-0.05, 0) is 73.2 Å². The van der Waals surface area contributed by atoms with Gasteiger partial charge in [0, 0.05) is 49.7 Å². The van der Waals surface area contributed by atoms with Crippen LogP contribution in [0.15, 0.2) is 53.4 Å². The van der Waals surface area contributed by atoms with Crippen molar-refractivity contribution in [2.45, 2.75) is 64.4 Å². The third kappa shape index (κ3) is 6.17. The van der Waals surface area contributed by atoms with Crippen molar-refractivity contribution < 1.29 is 18.0 Å². The normalized spacial score (nSPS) is 15.6. The fourth-order valence-corrected chi connectivity index (χ4v) is 8.53. The van der Waals surface area contributed by atoms with E-state index in [1.807, 2.05) is 29.2 Å². The Morgan fingerprint density at radius 1 is 0.905 bits per heavy atom. The molecule has 0 saturated heterocycles. The minimum atomic E-state index is -3.71. The number of fused-ring (bicyclic) bond motifs is 2. The van der Waals surface area contributed by atoms with Gasteiger partial charge in [-0.3, -0.25) is 14.5 Å². The van der Waals surface area contributed by atoms with Gasteiger partial charge in [0.25, 0.3) is 11.8 Å². The molecule has 3 aromatic rings. The molecule has 0 atom stereocenters. The zero-order valence-electron chi connectivity index (χ0n) is 24.7. The summed E-state index contributed by atoms with van der Waals surface area (Å²) in [7, 11) is -3.71. The monoisotopic (exact) mass is 608 g/mol.